The summed E-state index contributed by atoms with van der Waals surface area (Å²) in [4.78, 5) is 31.8. The molecular weight excluding hydrogens is 396 g/mol. The minimum Gasteiger partial charge on any atom is -0.437 e. The molecule has 1 aromatic carbocycles. The molecule has 0 aliphatic carbocycles. The van der Waals surface area contributed by atoms with Gasteiger partial charge in [0.2, 0.25) is 11.8 Å². The van der Waals surface area contributed by atoms with Crippen molar-refractivity contribution in [2.24, 2.45) is 5.73 Å². The second-order valence-corrected chi connectivity index (χ2v) is 6.71. The summed E-state index contributed by atoms with van der Waals surface area (Å²) in [5, 5.41) is 3.05. The van der Waals surface area contributed by atoms with Crippen LogP contribution >= 0.6 is 11.6 Å². The summed E-state index contributed by atoms with van der Waals surface area (Å²) in [7, 11) is 1.47. The Morgan fingerprint density at radius 3 is 2.66 bits per heavy atom. The van der Waals surface area contributed by atoms with Gasteiger partial charge in [0, 0.05) is 36.4 Å². The molecule has 0 aliphatic rings. The van der Waals surface area contributed by atoms with Crippen LogP contribution in [-0.2, 0) is 9.53 Å². The van der Waals surface area contributed by atoms with Crippen LogP contribution in [0.4, 0.5) is 5.82 Å². The molecule has 3 aromatic rings. The van der Waals surface area contributed by atoms with Crippen LogP contribution < -0.4 is 11.1 Å². The van der Waals surface area contributed by atoms with Crippen molar-refractivity contribution in [3.63, 3.8) is 0 Å². The van der Waals surface area contributed by atoms with Crippen molar-refractivity contribution in [3.05, 3.63) is 64.1 Å². The summed E-state index contributed by atoms with van der Waals surface area (Å²) >= 11 is 6.29. The van der Waals surface area contributed by atoms with E-state index in [0.29, 0.717) is 22.0 Å². The highest BCUT2D eigenvalue weighted by Gasteiger charge is 2.29. The summed E-state index contributed by atoms with van der Waals surface area (Å²) in [6.45, 7) is 3.18. The quantitative estimate of drug-likeness (QED) is 0.636. The number of nitrogens with one attached hydrogen (secondary N) is 1. The van der Waals surface area contributed by atoms with Gasteiger partial charge in [-0.2, -0.15) is 0 Å². The number of hydrogen-bond donors (Lipinski definition) is 2. The summed E-state index contributed by atoms with van der Waals surface area (Å²) in [5.74, 6) is -0.419. The largest absolute Gasteiger partial charge is 0.437 e. The number of aryl methyl sites for hydroxylation is 1. The fourth-order valence-corrected chi connectivity index (χ4v) is 3.10. The molecule has 0 aliphatic heterocycles. The molecule has 9 heteroatoms. The standard InChI is InChI=1S/C20H19ClN4O4/c1-10-9-23-15(24-11(2)26)8-13(10)20-25-16(19(22)27)18(29-20)17(28-3)12-6-4-5-7-14(12)21/h4-9,17H,1-3H3,(H2,22,27)(H,23,24,26). The van der Waals surface area contributed by atoms with Crippen LogP contribution in [0.3, 0.4) is 0 Å². The molecule has 3 N–H and O–H groups in total. The monoisotopic (exact) mass is 414 g/mol. The average Bonchev–Trinajstić information content (AvgIpc) is 3.10. The van der Waals surface area contributed by atoms with Crippen molar-refractivity contribution in [1.82, 2.24) is 9.97 Å². The number of amides is 2. The number of methoxy groups -OCH3 is 1. The molecule has 0 spiro atoms. The molecule has 0 radical (unpaired) electrons. The van der Waals surface area contributed by atoms with Gasteiger partial charge in [-0.3, -0.25) is 9.59 Å². The van der Waals surface area contributed by atoms with Gasteiger partial charge in [-0.25, -0.2) is 9.97 Å². The highest BCUT2D eigenvalue weighted by Crippen LogP contribution is 2.36. The smallest absolute Gasteiger partial charge is 0.271 e. The van der Waals surface area contributed by atoms with Gasteiger partial charge in [0.25, 0.3) is 5.91 Å². The Morgan fingerprint density at radius 1 is 1.31 bits per heavy atom. The number of ether oxygens (including phenoxy) is 1. The first-order chi connectivity index (χ1) is 13.8. The van der Waals surface area contributed by atoms with Crippen molar-refractivity contribution < 1.29 is 18.7 Å². The number of anilines is 1. The van der Waals surface area contributed by atoms with E-state index in [1.165, 1.54) is 14.0 Å². The van der Waals surface area contributed by atoms with Crippen molar-refractivity contribution in [2.45, 2.75) is 20.0 Å². The van der Waals surface area contributed by atoms with Crippen molar-refractivity contribution in [1.29, 1.82) is 0 Å². The van der Waals surface area contributed by atoms with Crippen LogP contribution in [0.2, 0.25) is 5.02 Å². The first-order valence-electron chi connectivity index (χ1n) is 8.64. The van der Waals surface area contributed by atoms with Crippen LogP contribution in [0.1, 0.15) is 40.4 Å². The molecule has 3 rings (SSSR count). The fraction of sp³-hybridized carbons (Fsp3) is 0.200. The van der Waals surface area contributed by atoms with E-state index in [1.807, 2.05) is 0 Å². The van der Waals surface area contributed by atoms with Gasteiger partial charge < -0.3 is 20.2 Å². The second-order valence-electron chi connectivity index (χ2n) is 6.30. The molecule has 0 fully saturated rings. The molecule has 2 heterocycles. The third kappa shape index (κ3) is 4.28. The predicted octanol–water partition coefficient (Wildman–Crippen LogP) is 3.49. The van der Waals surface area contributed by atoms with Crippen molar-refractivity contribution >= 4 is 29.2 Å². The van der Waals surface area contributed by atoms with Crippen LogP contribution in [-0.4, -0.2) is 28.9 Å². The van der Waals surface area contributed by atoms with Crippen molar-refractivity contribution in [3.8, 4) is 11.5 Å². The lowest BCUT2D eigenvalue weighted by Crippen LogP contribution is -2.16. The highest BCUT2D eigenvalue weighted by molar-refractivity contribution is 6.31. The van der Waals surface area contributed by atoms with E-state index in [-0.39, 0.29) is 23.3 Å². The zero-order chi connectivity index (χ0) is 21.1. The van der Waals surface area contributed by atoms with Gasteiger partial charge in [-0.1, -0.05) is 29.8 Å². The van der Waals surface area contributed by atoms with Crippen LogP contribution in [0.5, 0.6) is 0 Å². The number of pyridine rings is 1. The van der Waals surface area contributed by atoms with E-state index in [4.69, 9.17) is 26.5 Å². The molecule has 2 amide bonds. The SMILES string of the molecule is COC(c1ccccc1Cl)c1oc(-c2cc(NC(C)=O)ncc2C)nc1C(N)=O. The molecule has 8 nitrogen and oxygen atoms in total. The van der Waals surface area contributed by atoms with E-state index in [2.05, 4.69) is 15.3 Å². The van der Waals surface area contributed by atoms with Crippen LogP contribution in [0, 0.1) is 6.92 Å². The lowest BCUT2D eigenvalue weighted by molar-refractivity contribution is -0.114. The number of primary amides is 1. The molecule has 29 heavy (non-hydrogen) atoms. The maximum Gasteiger partial charge on any atom is 0.271 e. The molecule has 0 saturated heterocycles. The summed E-state index contributed by atoms with van der Waals surface area (Å²) in [6.07, 6.45) is 0.778. The number of benzene rings is 1. The summed E-state index contributed by atoms with van der Waals surface area (Å²) in [6, 6.07) is 8.64. The lowest BCUT2D eigenvalue weighted by atomic mass is 10.1. The van der Waals surface area contributed by atoms with E-state index < -0.39 is 12.0 Å². The van der Waals surface area contributed by atoms with E-state index in [1.54, 1.807) is 43.5 Å². The maximum absolute atomic E-state index is 12.0. The molecule has 0 saturated carbocycles. The lowest BCUT2D eigenvalue weighted by Gasteiger charge is -2.15. The zero-order valence-electron chi connectivity index (χ0n) is 16.0. The Bertz CT molecular complexity index is 1080. The Kier molecular flexibility index (Phi) is 5.95. The number of nitrogens with zero attached hydrogens (tertiary/aromatic N) is 2. The normalized spacial score (nSPS) is 11.9. The topological polar surface area (TPSA) is 120 Å². The van der Waals surface area contributed by atoms with Gasteiger partial charge in [-0.15, -0.1) is 0 Å². The zero-order valence-corrected chi connectivity index (χ0v) is 16.8. The van der Waals surface area contributed by atoms with Crippen molar-refractivity contribution in [2.75, 3.05) is 12.4 Å². The number of rotatable bonds is 6. The number of halogens is 1. The van der Waals surface area contributed by atoms with E-state index in [0.717, 1.165) is 5.56 Å². The third-order valence-electron chi connectivity index (χ3n) is 4.19. The molecule has 150 valence electrons. The summed E-state index contributed by atoms with van der Waals surface area (Å²) in [5.41, 5.74) is 7.35. The predicted molar refractivity (Wildman–Crippen MR) is 108 cm³/mol. The van der Waals surface area contributed by atoms with E-state index in [9.17, 15) is 9.59 Å². The highest BCUT2D eigenvalue weighted by atomic mass is 35.5. The Balaban J connectivity index is 2.14. The molecular formula is C20H19ClN4O4. The fourth-order valence-electron chi connectivity index (χ4n) is 2.87. The Labute approximate surface area is 172 Å². The first kappa shape index (κ1) is 20.5. The number of hydrogen-bond acceptors (Lipinski definition) is 6. The van der Waals surface area contributed by atoms with Gasteiger partial charge in [-0.05, 0) is 24.6 Å². The minimum atomic E-state index is -0.788. The summed E-state index contributed by atoms with van der Waals surface area (Å²) < 4.78 is 11.5. The van der Waals surface area contributed by atoms with E-state index >= 15 is 0 Å². The van der Waals surface area contributed by atoms with Gasteiger partial charge in [0.1, 0.15) is 11.9 Å². The molecule has 0 bridgehead atoms. The average molecular weight is 415 g/mol. The number of carbonyl (C=O) groups excluding carboxylic acids is 2. The second kappa shape index (κ2) is 8.42. The van der Waals surface area contributed by atoms with Crippen LogP contribution in [0.15, 0.2) is 40.9 Å². The molecule has 1 atom stereocenters. The number of nitrogens with two attached hydrogens (primary N) is 1. The minimum absolute atomic E-state index is 0.0657. The van der Waals surface area contributed by atoms with Crippen LogP contribution in [0.25, 0.3) is 11.5 Å². The Morgan fingerprint density at radius 2 is 2.03 bits per heavy atom. The van der Waals surface area contributed by atoms with Gasteiger partial charge >= 0.3 is 0 Å². The maximum atomic E-state index is 12.0. The third-order valence-corrected chi connectivity index (χ3v) is 4.53. The first-order valence-corrected chi connectivity index (χ1v) is 9.02. The van der Waals surface area contributed by atoms with Gasteiger partial charge in [0.05, 0.1) is 0 Å². The molecule has 1 unspecified atom stereocenters. The van der Waals surface area contributed by atoms with Gasteiger partial charge in [0.15, 0.2) is 11.5 Å². The number of aromatic nitrogens is 2. The number of oxazole rings is 1. The Hall–Kier alpha value is -3.23. The number of carbonyl (C=O) groups is 2. The molecule has 2 aromatic heterocycles.